The first-order valence-electron chi connectivity index (χ1n) is 8.02. The molecule has 0 radical (unpaired) electrons. The molecule has 0 bridgehead atoms. The second-order valence-corrected chi connectivity index (χ2v) is 5.83. The number of nitrogens with zero attached hydrogens (tertiary/aromatic N) is 2. The van der Waals surface area contributed by atoms with Gasteiger partial charge in [-0.15, -0.1) is 0 Å². The third-order valence-electron chi connectivity index (χ3n) is 3.93. The number of nitrogens with one attached hydrogen (secondary N) is 1. The predicted octanol–water partition coefficient (Wildman–Crippen LogP) is 2.13. The third-order valence-corrected chi connectivity index (χ3v) is 3.93. The van der Waals surface area contributed by atoms with Crippen LogP contribution in [0.25, 0.3) is 11.1 Å². The van der Waals surface area contributed by atoms with Crippen LogP contribution in [0.2, 0.25) is 0 Å². The predicted molar refractivity (Wildman–Crippen MR) is 83.8 cm³/mol. The van der Waals surface area contributed by atoms with Crippen LogP contribution in [0.1, 0.15) is 60.3 Å². The summed E-state index contributed by atoms with van der Waals surface area (Å²) >= 11 is 0. The van der Waals surface area contributed by atoms with Gasteiger partial charge in [-0.3, -0.25) is 4.79 Å². The van der Waals surface area contributed by atoms with E-state index in [2.05, 4.69) is 22.4 Å². The number of carbonyl (C=O) groups excluding carboxylic acids is 1. The minimum atomic E-state index is -0.0942. The average Bonchev–Trinajstić information content (AvgIpc) is 3.29. The molecule has 6 heteroatoms. The van der Waals surface area contributed by atoms with E-state index in [1.54, 1.807) is 0 Å². The van der Waals surface area contributed by atoms with Crippen molar-refractivity contribution in [2.45, 2.75) is 44.9 Å². The zero-order chi connectivity index (χ0) is 15.5. The zero-order valence-corrected chi connectivity index (χ0v) is 12.9. The lowest BCUT2D eigenvalue weighted by molar-refractivity contribution is 0.0955. The van der Waals surface area contributed by atoms with Crippen LogP contribution in [0, 0.1) is 0 Å². The minimum absolute atomic E-state index is 0.0942. The minimum Gasteiger partial charge on any atom is -0.352 e. The van der Waals surface area contributed by atoms with E-state index in [9.17, 15) is 4.79 Å². The summed E-state index contributed by atoms with van der Waals surface area (Å²) in [7, 11) is 0. The Balaban J connectivity index is 1.99. The number of hydrogen-bond donors (Lipinski definition) is 2. The van der Waals surface area contributed by atoms with Crippen molar-refractivity contribution in [1.82, 2.24) is 15.5 Å². The van der Waals surface area contributed by atoms with Crippen LogP contribution in [0.3, 0.4) is 0 Å². The van der Waals surface area contributed by atoms with Crippen molar-refractivity contribution in [1.29, 1.82) is 0 Å². The first-order chi connectivity index (χ1) is 10.7. The van der Waals surface area contributed by atoms with E-state index in [0.29, 0.717) is 30.3 Å². The second-order valence-electron chi connectivity index (χ2n) is 5.83. The highest BCUT2D eigenvalue weighted by Crippen LogP contribution is 2.40. The largest absolute Gasteiger partial charge is 0.352 e. The van der Waals surface area contributed by atoms with Gasteiger partial charge in [0.15, 0.2) is 0 Å². The number of rotatable bonds is 7. The van der Waals surface area contributed by atoms with Crippen molar-refractivity contribution in [3.05, 3.63) is 23.0 Å². The van der Waals surface area contributed by atoms with Crippen molar-refractivity contribution in [2.24, 2.45) is 5.73 Å². The molecule has 1 amide bonds. The number of carbonyl (C=O) groups is 1. The van der Waals surface area contributed by atoms with Crippen molar-refractivity contribution in [3.8, 4) is 0 Å². The van der Waals surface area contributed by atoms with E-state index in [1.807, 2.05) is 6.07 Å². The van der Waals surface area contributed by atoms with Crippen LogP contribution in [-0.2, 0) is 6.42 Å². The molecule has 1 saturated carbocycles. The van der Waals surface area contributed by atoms with Crippen LogP contribution in [0.15, 0.2) is 10.6 Å². The average molecular weight is 302 g/mol. The highest BCUT2D eigenvalue weighted by Gasteiger charge is 2.28. The van der Waals surface area contributed by atoms with E-state index in [0.717, 1.165) is 48.9 Å². The second kappa shape index (κ2) is 6.44. The Labute approximate surface area is 129 Å². The lowest BCUT2D eigenvalue weighted by Gasteiger charge is -2.07. The summed E-state index contributed by atoms with van der Waals surface area (Å²) in [6.45, 7) is 3.22. The highest BCUT2D eigenvalue weighted by molar-refractivity contribution is 6.06. The molecule has 0 atom stereocenters. The summed E-state index contributed by atoms with van der Waals surface area (Å²) in [5.74, 6) is 0.364. The topological polar surface area (TPSA) is 94.0 Å². The molecule has 0 aliphatic heterocycles. The number of pyridine rings is 1. The van der Waals surface area contributed by atoms with E-state index in [1.165, 1.54) is 0 Å². The smallest absolute Gasteiger partial charge is 0.259 e. The third kappa shape index (κ3) is 2.97. The van der Waals surface area contributed by atoms with Gasteiger partial charge in [0.1, 0.15) is 0 Å². The Kier molecular flexibility index (Phi) is 4.38. The van der Waals surface area contributed by atoms with Crippen LogP contribution in [-0.4, -0.2) is 29.1 Å². The van der Waals surface area contributed by atoms with Gasteiger partial charge in [-0.25, -0.2) is 4.98 Å². The van der Waals surface area contributed by atoms with Crippen molar-refractivity contribution < 1.29 is 9.32 Å². The fourth-order valence-corrected chi connectivity index (χ4v) is 2.60. The lowest BCUT2D eigenvalue weighted by atomic mass is 10.0. The number of amides is 1. The number of aromatic nitrogens is 2. The quantitative estimate of drug-likeness (QED) is 0.764. The summed E-state index contributed by atoms with van der Waals surface area (Å²) in [6.07, 6.45) is 4.74. The molecule has 0 saturated heterocycles. The first-order valence-corrected chi connectivity index (χ1v) is 8.02. The van der Waals surface area contributed by atoms with Gasteiger partial charge in [-0.2, -0.15) is 0 Å². The van der Waals surface area contributed by atoms with Crippen LogP contribution >= 0.6 is 0 Å². The molecule has 3 N–H and O–H groups in total. The number of hydrogen-bond acceptors (Lipinski definition) is 5. The summed E-state index contributed by atoms with van der Waals surface area (Å²) in [4.78, 5) is 17.1. The van der Waals surface area contributed by atoms with Crippen molar-refractivity contribution in [2.75, 3.05) is 13.1 Å². The van der Waals surface area contributed by atoms with Gasteiger partial charge in [0, 0.05) is 18.2 Å². The molecule has 0 aromatic carbocycles. The fraction of sp³-hybridized carbons (Fsp3) is 0.562. The van der Waals surface area contributed by atoms with E-state index >= 15 is 0 Å². The highest BCUT2D eigenvalue weighted by atomic mass is 16.5. The fourth-order valence-electron chi connectivity index (χ4n) is 2.60. The maximum atomic E-state index is 12.5. The molecule has 6 nitrogen and oxygen atoms in total. The van der Waals surface area contributed by atoms with Crippen molar-refractivity contribution >= 4 is 17.0 Å². The maximum absolute atomic E-state index is 12.5. The molecule has 1 fully saturated rings. The lowest BCUT2D eigenvalue weighted by Crippen LogP contribution is -2.26. The summed E-state index contributed by atoms with van der Waals surface area (Å²) < 4.78 is 5.38. The van der Waals surface area contributed by atoms with Crippen LogP contribution in [0.5, 0.6) is 0 Å². The first kappa shape index (κ1) is 15.0. The monoisotopic (exact) mass is 302 g/mol. The molecule has 2 heterocycles. The van der Waals surface area contributed by atoms with Gasteiger partial charge in [-0.1, -0.05) is 18.5 Å². The molecule has 0 spiro atoms. The Hall–Kier alpha value is -1.95. The Morgan fingerprint density at radius 2 is 2.32 bits per heavy atom. The zero-order valence-electron chi connectivity index (χ0n) is 12.9. The number of nitrogens with two attached hydrogens (primary N) is 1. The molecular weight excluding hydrogens is 280 g/mol. The van der Waals surface area contributed by atoms with Crippen LogP contribution in [0.4, 0.5) is 0 Å². The van der Waals surface area contributed by atoms with Crippen molar-refractivity contribution in [3.63, 3.8) is 0 Å². The summed E-state index contributed by atoms with van der Waals surface area (Å²) in [6, 6.07) is 1.91. The molecular formula is C16H22N4O2. The van der Waals surface area contributed by atoms with Gasteiger partial charge in [0.25, 0.3) is 11.6 Å². The number of aryl methyl sites for hydroxylation is 1. The Morgan fingerprint density at radius 1 is 1.50 bits per heavy atom. The van der Waals surface area contributed by atoms with E-state index in [4.69, 9.17) is 10.3 Å². The molecule has 22 heavy (non-hydrogen) atoms. The summed E-state index contributed by atoms with van der Waals surface area (Å²) in [5.41, 5.74) is 8.35. The number of fused-ring (bicyclic) bond motifs is 1. The molecule has 1 aliphatic rings. The Morgan fingerprint density at radius 3 is 3.00 bits per heavy atom. The van der Waals surface area contributed by atoms with Gasteiger partial charge in [-0.05, 0) is 38.3 Å². The van der Waals surface area contributed by atoms with E-state index < -0.39 is 0 Å². The van der Waals surface area contributed by atoms with Gasteiger partial charge in [0.05, 0.1) is 16.6 Å². The van der Waals surface area contributed by atoms with Gasteiger partial charge < -0.3 is 15.6 Å². The Bertz CT molecular complexity index is 676. The maximum Gasteiger partial charge on any atom is 0.259 e. The SMILES string of the molecule is CCCc1noc2nc(C3CC3)cc(C(=O)NCCCN)c12. The molecule has 2 aromatic heterocycles. The van der Waals surface area contributed by atoms with Gasteiger partial charge in [0.2, 0.25) is 0 Å². The molecule has 0 unspecified atom stereocenters. The standard InChI is InChI=1S/C16H22N4O2/c1-2-4-12-14-11(15(21)18-8-3-7-17)9-13(10-5-6-10)19-16(14)22-20-12/h9-10H,2-8,17H2,1H3,(H,18,21). The normalized spacial score (nSPS) is 14.5. The van der Waals surface area contributed by atoms with Crippen LogP contribution < -0.4 is 11.1 Å². The molecule has 2 aromatic rings. The molecule has 3 rings (SSSR count). The summed E-state index contributed by atoms with van der Waals surface area (Å²) in [5, 5.41) is 7.79. The van der Waals surface area contributed by atoms with E-state index in [-0.39, 0.29) is 5.91 Å². The van der Waals surface area contributed by atoms with Gasteiger partial charge >= 0.3 is 0 Å². The molecule has 118 valence electrons. The molecule has 1 aliphatic carbocycles.